The molecule has 2 N–H and O–H groups in total. The Morgan fingerprint density at radius 3 is 2.50 bits per heavy atom. The second kappa shape index (κ2) is 7.42. The Kier molecular flexibility index (Phi) is 7.65. The zero-order valence-corrected chi connectivity index (χ0v) is 7.91. The van der Waals surface area contributed by atoms with Crippen molar-refractivity contribution in [3.63, 3.8) is 0 Å². The van der Waals surface area contributed by atoms with Crippen molar-refractivity contribution in [1.82, 2.24) is 0 Å². The molecule has 1 atom stereocenters. The highest BCUT2D eigenvalue weighted by molar-refractivity contribution is 7.99. The number of unbranched alkanes of at least 4 members (excludes halogenated alkanes) is 3. The van der Waals surface area contributed by atoms with E-state index in [4.69, 9.17) is 5.73 Å². The normalized spacial score (nSPS) is 13.5. The van der Waals surface area contributed by atoms with Gasteiger partial charge in [0.1, 0.15) is 0 Å². The summed E-state index contributed by atoms with van der Waals surface area (Å²) in [6, 6.07) is 0. The van der Waals surface area contributed by atoms with Gasteiger partial charge in [-0.2, -0.15) is 0 Å². The summed E-state index contributed by atoms with van der Waals surface area (Å²) >= 11 is 1.86. The van der Waals surface area contributed by atoms with Crippen LogP contribution in [-0.2, 0) is 0 Å². The molecule has 0 fully saturated rings. The van der Waals surface area contributed by atoms with Crippen molar-refractivity contribution in [1.29, 1.82) is 0 Å². The van der Waals surface area contributed by atoms with E-state index in [0.29, 0.717) is 5.37 Å². The fourth-order valence-electron chi connectivity index (χ4n) is 0.798. The molecule has 0 aromatic rings. The van der Waals surface area contributed by atoms with Gasteiger partial charge in [-0.15, -0.1) is 11.8 Å². The molecule has 0 saturated carbocycles. The zero-order chi connectivity index (χ0) is 7.82. The fraction of sp³-hybridized carbons (Fsp3) is 1.00. The Hall–Kier alpha value is 0.310. The Balaban J connectivity index is 2.77. The molecule has 0 aliphatic heterocycles. The third kappa shape index (κ3) is 8.31. The number of thioether (sulfide) groups is 1. The van der Waals surface area contributed by atoms with Crippen molar-refractivity contribution < 1.29 is 0 Å². The van der Waals surface area contributed by atoms with E-state index >= 15 is 0 Å². The molecule has 1 nitrogen and oxygen atoms in total. The molecule has 1 unspecified atom stereocenters. The summed E-state index contributed by atoms with van der Waals surface area (Å²) in [7, 11) is 0. The third-order valence-corrected chi connectivity index (χ3v) is 2.43. The first-order valence-electron chi connectivity index (χ1n) is 4.14. The summed E-state index contributed by atoms with van der Waals surface area (Å²) in [5, 5.41) is 0.321. The van der Waals surface area contributed by atoms with Crippen LogP contribution in [0.4, 0.5) is 0 Å². The maximum Gasteiger partial charge on any atom is 0.0478 e. The van der Waals surface area contributed by atoms with E-state index < -0.39 is 0 Å². The Bertz CT molecular complexity index is 64.3. The molecule has 0 aliphatic rings. The predicted molar refractivity (Wildman–Crippen MR) is 50.2 cm³/mol. The SMILES string of the molecule is CCCCCCSC(C)N. The van der Waals surface area contributed by atoms with Crippen molar-refractivity contribution >= 4 is 11.8 Å². The Morgan fingerprint density at radius 2 is 2.00 bits per heavy atom. The quantitative estimate of drug-likeness (QED) is 0.478. The van der Waals surface area contributed by atoms with E-state index in [1.807, 2.05) is 18.7 Å². The van der Waals surface area contributed by atoms with E-state index in [1.54, 1.807) is 0 Å². The molecule has 10 heavy (non-hydrogen) atoms. The predicted octanol–water partition coefficient (Wildman–Crippen LogP) is 2.60. The van der Waals surface area contributed by atoms with Gasteiger partial charge in [-0.05, 0) is 19.1 Å². The van der Waals surface area contributed by atoms with Crippen LogP contribution in [0.1, 0.15) is 39.5 Å². The van der Waals surface area contributed by atoms with Gasteiger partial charge in [-0.3, -0.25) is 0 Å². The minimum absolute atomic E-state index is 0.321. The summed E-state index contributed by atoms with van der Waals surface area (Å²) in [5.74, 6) is 1.23. The molecule has 2 heteroatoms. The fourth-order valence-corrected chi connectivity index (χ4v) is 1.54. The van der Waals surface area contributed by atoms with Gasteiger partial charge < -0.3 is 5.73 Å². The number of hydrogen-bond donors (Lipinski definition) is 1. The average Bonchev–Trinajstić information content (AvgIpc) is 1.87. The minimum Gasteiger partial charge on any atom is -0.320 e. The number of hydrogen-bond acceptors (Lipinski definition) is 2. The minimum atomic E-state index is 0.321. The lowest BCUT2D eigenvalue weighted by Crippen LogP contribution is -2.09. The highest BCUT2D eigenvalue weighted by Gasteiger charge is 1.92. The maximum absolute atomic E-state index is 5.57. The zero-order valence-electron chi connectivity index (χ0n) is 7.10. The second-order valence-corrected chi connectivity index (χ2v) is 4.12. The standard InChI is InChI=1S/C8H19NS/c1-3-4-5-6-7-10-8(2)9/h8H,3-7,9H2,1-2H3. The molecule has 0 amide bonds. The van der Waals surface area contributed by atoms with Crippen molar-refractivity contribution in [2.45, 2.75) is 44.9 Å². The van der Waals surface area contributed by atoms with Crippen molar-refractivity contribution in [3.8, 4) is 0 Å². The summed E-state index contributed by atoms with van der Waals surface area (Å²) in [6.45, 7) is 4.28. The van der Waals surface area contributed by atoms with Crippen LogP contribution in [0, 0.1) is 0 Å². The van der Waals surface area contributed by atoms with Gasteiger partial charge in [-0.25, -0.2) is 0 Å². The van der Waals surface area contributed by atoms with Crippen LogP contribution in [-0.4, -0.2) is 11.1 Å². The number of rotatable bonds is 6. The molecule has 0 bridgehead atoms. The summed E-state index contributed by atoms with van der Waals surface area (Å²) in [5.41, 5.74) is 5.57. The molecule has 0 rings (SSSR count). The monoisotopic (exact) mass is 161 g/mol. The first-order valence-corrected chi connectivity index (χ1v) is 5.19. The van der Waals surface area contributed by atoms with Crippen LogP contribution in [0.15, 0.2) is 0 Å². The molecule has 0 heterocycles. The van der Waals surface area contributed by atoms with Crippen LogP contribution >= 0.6 is 11.8 Å². The first kappa shape index (κ1) is 10.3. The molecule has 0 spiro atoms. The summed E-state index contributed by atoms with van der Waals surface area (Å²) < 4.78 is 0. The molecule has 0 saturated heterocycles. The largest absolute Gasteiger partial charge is 0.320 e. The molecule has 0 aromatic carbocycles. The first-order chi connectivity index (χ1) is 4.77. The van der Waals surface area contributed by atoms with Crippen LogP contribution in [0.2, 0.25) is 0 Å². The van der Waals surface area contributed by atoms with Gasteiger partial charge in [-0.1, -0.05) is 26.2 Å². The lowest BCUT2D eigenvalue weighted by atomic mass is 10.2. The molecule has 0 radical (unpaired) electrons. The van der Waals surface area contributed by atoms with Gasteiger partial charge in [0.2, 0.25) is 0 Å². The Morgan fingerprint density at radius 1 is 1.30 bits per heavy atom. The van der Waals surface area contributed by atoms with Crippen LogP contribution in [0.25, 0.3) is 0 Å². The molecular weight excluding hydrogens is 142 g/mol. The van der Waals surface area contributed by atoms with Gasteiger partial charge in [0.05, 0.1) is 0 Å². The van der Waals surface area contributed by atoms with E-state index in [0.717, 1.165) is 0 Å². The molecule has 62 valence electrons. The lowest BCUT2D eigenvalue weighted by Gasteiger charge is -2.03. The van der Waals surface area contributed by atoms with Gasteiger partial charge in [0, 0.05) is 5.37 Å². The molecule has 0 aliphatic carbocycles. The van der Waals surface area contributed by atoms with Crippen LogP contribution in [0.3, 0.4) is 0 Å². The van der Waals surface area contributed by atoms with E-state index in [9.17, 15) is 0 Å². The van der Waals surface area contributed by atoms with Crippen molar-refractivity contribution in [3.05, 3.63) is 0 Å². The van der Waals surface area contributed by atoms with E-state index in [-0.39, 0.29) is 0 Å². The maximum atomic E-state index is 5.57. The van der Waals surface area contributed by atoms with Crippen molar-refractivity contribution in [2.75, 3.05) is 5.75 Å². The summed E-state index contributed by atoms with van der Waals surface area (Å²) in [4.78, 5) is 0. The van der Waals surface area contributed by atoms with Gasteiger partial charge in [0.15, 0.2) is 0 Å². The van der Waals surface area contributed by atoms with E-state index in [2.05, 4.69) is 6.92 Å². The average molecular weight is 161 g/mol. The molecule has 0 aromatic heterocycles. The topological polar surface area (TPSA) is 26.0 Å². The highest BCUT2D eigenvalue weighted by Crippen LogP contribution is 2.09. The van der Waals surface area contributed by atoms with Gasteiger partial charge >= 0.3 is 0 Å². The van der Waals surface area contributed by atoms with Crippen LogP contribution < -0.4 is 5.73 Å². The van der Waals surface area contributed by atoms with E-state index in [1.165, 1.54) is 31.4 Å². The Labute approximate surface area is 68.8 Å². The smallest absolute Gasteiger partial charge is 0.0478 e. The lowest BCUT2D eigenvalue weighted by molar-refractivity contribution is 0.706. The highest BCUT2D eigenvalue weighted by atomic mass is 32.2. The van der Waals surface area contributed by atoms with Gasteiger partial charge in [0.25, 0.3) is 0 Å². The number of nitrogens with two attached hydrogens (primary N) is 1. The van der Waals surface area contributed by atoms with Crippen LogP contribution in [0.5, 0.6) is 0 Å². The third-order valence-electron chi connectivity index (χ3n) is 1.38. The van der Waals surface area contributed by atoms with Crippen molar-refractivity contribution in [2.24, 2.45) is 5.73 Å². The summed E-state index contributed by atoms with van der Waals surface area (Å²) in [6.07, 6.45) is 5.40. The molecular formula is C8H19NS. The second-order valence-electron chi connectivity index (χ2n) is 2.64.